The molecule has 0 N–H and O–H groups in total. The van der Waals surface area contributed by atoms with Crippen LogP contribution in [0.15, 0.2) is 47.5 Å². The Morgan fingerprint density at radius 2 is 2.17 bits per heavy atom. The fraction of sp³-hybridized carbons (Fsp3) is 0.333. The molecule has 1 fully saturated rings. The lowest BCUT2D eigenvalue weighted by Gasteiger charge is -2.16. The Bertz CT molecular complexity index is 809. The molecular weight excluding hydrogens is 304 g/mol. The van der Waals surface area contributed by atoms with Crippen molar-refractivity contribution < 1.29 is 0 Å². The van der Waals surface area contributed by atoms with Crippen LogP contribution in [0.3, 0.4) is 0 Å². The largest absolute Gasteiger partial charge is 0.327 e. The number of nitrogens with zero attached hydrogens (tertiary/aromatic N) is 4. The van der Waals surface area contributed by atoms with Gasteiger partial charge in [-0.2, -0.15) is 11.3 Å². The molecule has 2 atom stereocenters. The Balaban J connectivity index is 1.39. The molecule has 0 aromatic carbocycles. The summed E-state index contributed by atoms with van der Waals surface area (Å²) in [5.74, 6) is 2.55. The molecule has 2 unspecified atom stereocenters. The molecule has 2 aliphatic heterocycles. The van der Waals surface area contributed by atoms with Crippen molar-refractivity contribution in [3.05, 3.63) is 58.9 Å². The average Bonchev–Trinajstić information content (AvgIpc) is 3.31. The van der Waals surface area contributed by atoms with Crippen molar-refractivity contribution in [3.8, 4) is 11.3 Å². The summed E-state index contributed by atoms with van der Waals surface area (Å²) in [7, 11) is 0. The predicted octanol–water partition coefficient (Wildman–Crippen LogP) is 3.24. The number of hydrogen-bond donors (Lipinski definition) is 0. The molecule has 2 aliphatic rings. The molecule has 116 valence electrons. The lowest BCUT2D eigenvalue weighted by atomic mass is 9.99. The van der Waals surface area contributed by atoms with E-state index in [4.69, 9.17) is 4.98 Å². The van der Waals surface area contributed by atoms with E-state index in [2.05, 4.69) is 37.3 Å². The minimum Gasteiger partial charge on any atom is -0.327 e. The van der Waals surface area contributed by atoms with Crippen LogP contribution in [0.2, 0.25) is 0 Å². The minimum absolute atomic E-state index is 0.582. The number of pyridine rings is 1. The second-order valence-corrected chi connectivity index (χ2v) is 7.33. The van der Waals surface area contributed by atoms with Gasteiger partial charge in [0.15, 0.2) is 0 Å². The molecule has 0 bridgehead atoms. The maximum atomic E-state index is 4.76. The van der Waals surface area contributed by atoms with Gasteiger partial charge >= 0.3 is 0 Å². The van der Waals surface area contributed by atoms with E-state index in [1.54, 1.807) is 11.3 Å². The topological polar surface area (TPSA) is 34.0 Å². The first-order chi connectivity index (χ1) is 11.4. The van der Waals surface area contributed by atoms with E-state index in [9.17, 15) is 0 Å². The van der Waals surface area contributed by atoms with E-state index in [1.807, 2.05) is 24.7 Å². The minimum atomic E-state index is 0.582. The van der Waals surface area contributed by atoms with Gasteiger partial charge in [0.05, 0.1) is 11.9 Å². The summed E-state index contributed by atoms with van der Waals surface area (Å²) in [6.45, 7) is 4.47. The third-order valence-electron chi connectivity index (χ3n) is 5.10. The van der Waals surface area contributed by atoms with Gasteiger partial charge in [-0.05, 0) is 34.5 Å². The quantitative estimate of drug-likeness (QED) is 0.742. The number of hydrogen-bond acceptors (Lipinski definition) is 4. The van der Waals surface area contributed by atoms with E-state index < -0.39 is 0 Å². The van der Waals surface area contributed by atoms with Gasteiger partial charge in [-0.1, -0.05) is 0 Å². The fourth-order valence-electron chi connectivity index (χ4n) is 4.07. The first kappa shape index (κ1) is 13.5. The fourth-order valence-corrected chi connectivity index (χ4v) is 4.72. The number of likely N-dealkylation sites (tertiary alicyclic amines) is 1. The van der Waals surface area contributed by atoms with E-state index in [0.717, 1.165) is 19.6 Å². The second-order valence-electron chi connectivity index (χ2n) is 6.55. The number of imidazole rings is 1. The number of thiophene rings is 1. The van der Waals surface area contributed by atoms with Crippen molar-refractivity contribution in [3.63, 3.8) is 0 Å². The Labute approximate surface area is 139 Å². The van der Waals surface area contributed by atoms with Crippen molar-refractivity contribution in [2.75, 3.05) is 13.1 Å². The molecule has 5 heteroatoms. The Morgan fingerprint density at radius 1 is 1.17 bits per heavy atom. The molecule has 0 amide bonds. The van der Waals surface area contributed by atoms with Crippen LogP contribution < -0.4 is 0 Å². The van der Waals surface area contributed by atoms with Crippen LogP contribution in [-0.4, -0.2) is 32.5 Å². The smallest absolute Gasteiger partial charge is 0.113 e. The summed E-state index contributed by atoms with van der Waals surface area (Å²) in [6.07, 6.45) is 5.77. The Kier molecular flexibility index (Phi) is 3.09. The SMILES string of the molecule is c1cncc(-c2cnc3n2CC2CN(Cc4ccsc4)CC32)c1. The Hall–Kier alpha value is -1.98. The molecule has 0 saturated carbocycles. The normalized spacial score (nSPS) is 23.1. The molecule has 3 aromatic rings. The van der Waals surface area contributed by atoms with E-state index >= 15 is 0 Å². The van der Waals surface area contributed by atoms with Crippen LogP contribution in [0, 0.1) is 5.92 Å². The van der Waals surface area contributed by atoms with Crippen molar-refractivity contribution in [1.29, 1.82) is 0 Å². The first-order valence-electron chi connectivity index (χ1n) is 8.08. The van der Waals surface area contributed by atoms with Crippen LogP contribution in [0.25, 0.3) is 11.3 Å². The second kappa shape index (κ2) is 5.28. The zero-order valence-corrected chi connectivity index (χ0v) is 13.6. The van der Waals surface area contributed by atoms with Crippen molar-refractivity contribution in [1.82, 2.24) is 19.4 Å². The molecule has 1 saturated heterocycles. The molecule has 23 heavy (non-hydrogen) atoms. The van der Waals surface area contributed by atoms with Gasteiger partial charge in [-0.25, -0.2) is 4.98 Å². The average molecular weight is 322 g/mol. The molecule has 4 nitrogen and oxygen atoms in total. The highest BCUT2D eigenvalue weighted by molar-refractivity contribution is 7.07. The standard InChI is InChI=1S/C18H18N4S/c1-2-14(6-19-4-1)17-7-20-18-16-11-21(8-13-3-5-23-12-13)9-15(16)10-22(17)18/h1-7,12,15-16H,8-11H2. The van der Waals surface area contributed by atoms with E-state index in [0.29, 0.717) is 11.8 Å². The van der Waals surface area contributed by atoms with Crippen molar-refractivity contribution >= 4 is 11.3 Å². The first-order valence-corrected chi connectivity index (χ1v) is 9.02. The van der Waals surface area contributed by atoms with Crippen LogP contribution in [0.5, 0.6) is 0 Å². The van der Waals surface area contributed by atoms with Crippen LogP contribution >= 0.6 is 11.3 Å². The van der Waals surface area contributed by atoms with Crippen molar-refractivity contribution in [2.24, 2.45) is 5.92 Å². The zero-order valence-electron chi connectivity index (χ0n) is 12.8. The highest BCUT2D eigenvalue weighted by atomic mass is 32.1. The highest BCUT2D eigenvalue weighted by Gasteiger charge is 2.42. The third-order valence-corrected chi connectivity index (χ3v) is 5.83. The highest BCUT2D eigenvalue weighted by Crippen LogP contribution is 2.41. The van der Waals surface area contributed by atoms with Crippen LogP contribution in [0.4, 0.5) is 0 Å². The van der Waals surface area contributed by atoms with Crippen LogP contribution in [-0.2, 0) is 13.1 Å². The van der Waals surface area contributed by atoms with Crippen molar-refractivity contribution in [2.45, 2.75) is 19.0 Å². The summed E-state index contributed by atoms with van der Waals surface area (Å²) in [5, 5.41) is 4.43. The summed E-state index contributed by atoms with van der Waals surface area (Å²) in [4.78, 5) is 11.6. The monoisotopic (exact) mass is 322 g/mol. The summed E-state index contributed by atoms with van der Waals surface area (Å²) in [5.41, 5.74) is 3.82. The Morgan fingerprint density at radius 3 is 3.00 bits per heavy atom. The summed E-state index contributed by atoms with van der Waals surface area (Å²) in [6, 6.07) is 6.35. The molecular formula is C18H18N4S. The maximum absolute atomic E-state index is 4.76. The summed E-state index contributed by atoms with van der Waals surface area (Å²) >= 11 is 1.78. The number of rotatable bonds is 3. The third kappa shape index (κ3) is 2.23. The van der Waals surface area contributed by atoms with Crippen LogP contribution in [0.1, 0.15) is 17.3 Å². The molecule has 0 aliphatic carbocycles. The lowest BCUT2D eigenvalue weighted by Crippen LogP contribution is -2.22. The number of aromatic nitrogens is 3. The van der Waals surface area contributed by atoms with E-state index in [-0.39, 0.29) is 0 Å². The molecule has 3 aromatic heterocycles. The molecule has 0 radical (unpaired) electrons. The number of fused-ring (bicyclic) bond motifs is 3. The molecule has 5 rings (SSSR count). The van der Waals surface area contributed by atoms with Gasteiger partial charge in [0, 0.05) is 56.0 Å². The predicted molar refractivity (Wildman–Crippen MR) is 91.3 cm³/mol. The van der Waals surface area contributed by atoms with Gasteiger partial charge in [0.25, 0.3) is 0 Å². The lowest BCUT2D eigenvalue weighted by molar-refractivity contribution is 0.307. The summed E-state index contributed by atoms with van der Waals surface area (Å²) < 4.78 is 2.41. The molecule has 5 heterocycles. The maximum Gasteiger partial charge on any atom is 0.113 e. The zero-order chi connectivity index (χ0) is 15.2. The van der Waals surface area contributed by atoms with Gasteiger partial charge in [0.2, 0.25) is 0 Å². The van der Waals surface area contributed by atoms with E-state index in [1.165, 1.54) is 29.2 Å². The van der Waals surface area contributed by atoms with Gasteiger partial charge in [-0.3, -0.25) is 9.88 Å². The van der Waals surface area contributed by atoms with Gasteiger partial charge < -0.3 is 4.57 Å². The molecule has 0 spiro atoms. The van der Waals surface area contributed by atoms with Gasteiger partial charge in [-0.15, -0.1) is 0 Å². The van der Waals surface area contributed by atoms with Gasteiger partial charge in [0.1, 0.15) is 5.82 Å².